The summed E-state index contributed by atoms with van der Waals surface area (Å²) in [6.45, 7) is 3.38. The van der Waals surface area contributed by atoms with Crippen LogP contribution in [0.2, 0.25) is 0 Å². The molecule has 2 amide bonds. The van der Waals surface area contributed by atoms with Crippen LogP contribution in [-0.2, 0) is 22.6 Å². The Morgan fingerprint density at radius 3 is 2.58 bits per heavy atom. The van der Waals surface area contributed by atoms with Crippen molar-refractivity contribution in [2.45, 2.75) is 44.5 Å². The van der Waals surface area contributed by atoms with Gasteiger partial charge in [-0.15, -0.1) is 0 Å². The van der Waals surface area contributed by atoms with E-state index >= 15 is 0 Å². The van der Waals surface area contributed by atoms with Crippen molar-refractivity contribution in [3.63, 3.8) is 0 Å². The second-order valence-electron chi connectivity index (χ2n) is 9.22. The lowest BCUT2D eigenvalue weighted by molar-refractivity contribution is -0.139. The predicted molar refractivity (Wildman–Crippen MR) is 142 cm³/mol. The maximum atomic E-state index is 13.8. The Hall–Kier alpha value is -2.15. The van der Waals surface area contributed by atoms with Crippen molar-refractivity contribution < 1.29 is 23.5 Å². The number of benzene rings is 2. The number of aliphatic hydroxyl groups is 1. The monoisotopic (exact) mass is 614 g/mol. The molecule has 1 fully saturated rings. The Labute approximate surface area is 224 Å². The van der Waals surface area contributed by atoms with E-state index in [4.69, 9.17) is 0 Å². The number of rotatable bonds is 11. The smallest absolute Gasteiger partial charge is 0.236 e. The fraction of sp³-hybridized carbons (Fsp3) is 0.462. The summed E-state index contributed by atoms with van der Waals surface area (Å²) in [5, 5.41) is 16.9. The van der Waals surface area contributed by atoms with Crippen LogP contribution in [0.5, 0.6) is 0 Å². The van der Waals surface area contributed by atoms with Gasteiger partial charge in [0.05, 0.1) is 25.2 Å². The Balaban J connectivity index is 1.65. The van der Waals surface area contributed by atoms with Crippen molar-refractivity contribution in [1.29, 1.82) is 0 Å². The summed E-state index contributed by atoms with van der Waals surface area (Å²) in [7, 11) is 1.77. The van der Waals surface area contributed by atoms with Crippen molar-refractivity contribution in [3.05, 3.63) is 68.8 Å². The summed E-state index contributed by atoms with van der Waals surface area (Å²) >= 11 is 2.23. The lowest BCUT2D eigenvalue weighted by atomic mass is 10.0. The molecule has 3 N–H and O–H groups in total. The number of piperazine rings is 1. The highest BCUT2D eigenvalue weighted by molar-refractivity contribution is 14.1. The molecule has 1 aliphatic heterocycles. The van der Waals surface area contributed by atoms with Crippen LogP contribution in [-0.4, -0.2) is 78.1 Å². The maximum absolute atomic E-state index is 13.8. The molecule has 1 saturated heterocycles. The Bertz CT molecular complexity index is 1040. The molecule has 0 unspecified atom stereocenters. The zero-order valence-electron chi connectivity index (χ0n) is 20.5. The predicted octanol–water partition coefficient (Wildman–Crippen LogP) is 2.30. The van der Waals surface area contributed by atoms with Crippen LogP contribution in [0, 0.1) is 15.2 Å². The molecule has 7 nitrogen and oxygen atoms in total. The summed E-state index contributed by atoms with van der Waals surface area (Å²) in [5.74, 6) is -1.85. The molecule has 196 valence electrons. The fourth-order valence-electron chi connectivity index (χ4n) is 4.39. The van der Waals surface area contributed by atoms with Gasteiger partial charge in [-0.25, -0.2) is 8.78 Å². The number of hydrogen-bond donors (Lipinski definition) is 3. The van der Waals surface area contributed by atoms with Gasteiger partial charge in [0.15, 0.2) is 0 Å². The standard InChI is InChI=1S/C26H33F2IN4O3/c1-3-22-14-33(16-26(36)32(22)2)15-25(35)31-23(10-18-7-19(27)11-20(28)8-18)24(34)13-30-12-17-5-4-6-21(29)9-17/h4-9,11,22-24,30,34H,3,10,12-16H2,1-2H3,(H,31,35)/t22-,23+,24+/m1/s1. The highest BCUT2D eigenvalue weighted by Crippen LogP contribution is 2.14. The third kappa shape index (κ3) is 8.46. The van der Waals surface area contributed by atoms with Gasteiger partial charge in [0.1, 0.15) is 11.6 Å². The number of carbonyl (C=O) groups excluding carboxylic acids is 2. The Morgan fingerprint density at radius 1 is 1.19 bits per heavy atom. The minimum atomic E-state index is -1.01. The molecule has 2 aromatic carbocycles. The lowest BCUT2D eigenvalue weighted by Crippen LogP contribution is -2.57. The second-order valence-corrected chi connectivity index (χ2v) is 10.5. The first-order valence-electron chi connectivity index (χ1n) is 12.0. The van der Waals surface area contributed by atoms with E-state index in [1.54, 1.807) is 16.8 Å². The summed E-state index contributed by atoms with van der Waals surface area (Å²) in [6, 6.07) is 10.3. The van der Waals surface area contributed by atoms with Crippen LogP contribution in [0.15, 0.2) is 42.5 Å². The van der Waals surface area contributed by atoms with Crippen LogP contribution in [0.25, 0.3) is 0 Å². The summed E-state index contributed by atoms with van der Waals surface area (Å²) in [6.07, 6.45) is -0.189. The maximum Gasteiger partial charge on any atom is 0.236 e. The molecule has 10 heteroatoms. The SMILES string of the molecule is CC[C@@H]1CN(CC(=O)N[C@@H](Cc2cc(F)cc(F)c2)[C@@H](O)CNCc2cccc(I)c2)CC(=O)N1C. The highest BCUT2D eigenvalue weighted by atomic mass is 127. The average Bonchev–Trinajstić information content (AvgIpc) is 2.80. The molecule has 1 aliphatic rings. The molecule has 3 atom stereocenters. The van der Waals surface area contributed by atoms with Gasteiger partial charge in [-0.1, -0.05) is 19.1 Å². The van der Waals surface area contributed by atoms with E-state index in [9.17, 15) is 23.5 Å². The van der Waals surface area contributed by atoms with Gasteiger partial charge in [-0.3, -0.25) is 14.5 Å². The first-order valence-corrected chi connectivity index (χ1v) is 13.1. The molecule has 0 saturated carbocycles. The number of aliphatic hydroxyl groups excluding tert-OH is 1. The second kappa shape index (κ2) is 13.4. The van der Waals surface area contributed by atoms with Gasteiger partial charge in [-0.05, 0) is 70.8 Å². The number of likely N-dealkylation sites (N-methyl/N-ethyl adjacent to an activating group) is 1. The molecule has 0 bridgehead atoms. The first-order chi connectivity index (χ1) is 17.1. The molecule has 0 spiro atoms. The topological polar surface area (TPSA) is 84.9 Å². The van der Waals surface area contributed by atoms with E-state index in [2.05, 4.69) is 33.2 Å². The summed E-state index contributed by atoms with van der Waals surface area (Å²) < 4.78 is 28.6. The normalized spacial score (nSPS) is 18.2. The first kappa shape index (κ1) is 28.4. The lowest BCUT2D eigenvalue weighted by Gasteiger charge is -2.38. The summed E-state index contributed by atoms with van der Waals surface area (Å²) in [4.78, 5) is 28.7. The van der Waals surface area contributed by atoms with Gasteiger partial charge < -0.3 is 20.6 Å². The van der Waals surface area contributed by atoms with Crippen LogP contribution < -0.4 is 10.6 Å². The zero-order chi connectivity index (χ0) is 26.2. The summed E-state index contributed by atoms with van der Waals surface area (Å²) in [5.41, 5.74) is 1.38. The van der Waals surface area contributed by atoms with Gasteiger partial charge in [0.25, 0.3) is 0 Å². The van der Waals surface area contributed by atoms with E-state index in [1.807, 2.05) is 31.2 Å². The van der Waals surface area contributed by atoms with Crippen molar-refractivity contribution in [3.8, 4) is 0 Å². The molecule has 0 aromatic heterocycles. The largest absolute Gasteiger partial charge is 0.390 e. The molecule has 1 heterocycles. The number of carbonyl (C=O) groups is 2. The molecule has 0 radical (unpaired) electrons. The van der Waals surface area contributed by atoms with E-state index < -0.39 is 23.8 Å². The van der Waals surface area contributed by atoms with Gasteiger partial charge in [0, 0.05) is 42.4 Å². The third-order valence-corrected chi connectivity index (χ3v) is 7.04. The van der Waals surface area contributed by atoms with Crippen molar-refractivity contribution in [2.24, 2.45) is 0 Å². The van der Waals surface area contributed by atoms with Crippen molar-refractivity contribution in [1.82, 2.24) is 20.4 Å². The Morgan fingerprint density at radius 2 is 1.92 bits per heavy atom. The number of amides is 2. The zero-order valence-corrected chi connectivity index (χ0v) is 22.7. The minimum absolute atomic E-state index is 0.00725. The Kier molecular flexibility index (Phi) is 10.6. The van der Waals surface area contributed by atoms with Crippen LogP contribution in [0.1, 0.15) is 24.5 Å². The molecular weight excluding hydrogens is 581 g/mol. The van der Waals surface area contributed by atoms with E-state index in [0.29, 0.717) is 18.7 Å². The number of hydrogen-bond acceptors (Lipinski definition) is 5. The van der Waals surface area contributed by atoms with E-state index in [1.165, 1.54) is 12.1 Å². The molecule has 2 aromatic rings. The molecule has 36 heavy (non-hydrogen) atoms. The van der Waals surface area contributed by atoms with Crippen LogP contribution in [0.4, 0.5) is 8.78 Å². The fourth-order valence-corrected chi connectivity index (χ4v) is 5.00. The quantitative estimate of drug-likeness (QED) is 0.339. The van der Waals surface area contributed by atoms with Crippen LogP contribution >= 0.6 is 22.6 Å². The number of nitrogens with zero attached hydrogens (tertiary/aromatic N) is 2. The van der Waals surface area contributed by atoms with Crippen LogP contribution in [0.3, 0.4) is 0 Å². The minimum Gasteiger partial charge on any atom is -0.390 e. The van der Waals surface area contributed by atoms with Gasteiger partial charge in [0.2, 0.25) is 11.8 Å². The van der Waals surface area contributed by atoms with E-state index in [-0.39, 0.29) is 43.9 Å². The van der Waals surface area contributed by atoms with E-state index in [0.717, 1.165) is 21.6 Å². The number of halogens is 3. The number of nitrogens with one attached hydrogen (secondary N) is 2. The van der Waals surface area contributed by atoms with Gasteiger partial charge in [-0.2, -0.15) is 0 Å². The van der Waals surface area contributed by atoms with Crippen molar-refractivity contribution in [2.75, 3.05) is 33.2 Å². The highest BCUT2D eigenvalue weighted by Gasteiger charge is 2.30. The van der Waals surface area contributed by atoms with Crippen molar-refractivity contribution >= 4 is 34.4 Å². The third-order valence-electron chi connectivity index (χ3n) is 6.37. The average molecular weight is 614 g/mol. The molecular formula is C26H33F2IN4O3. The molecule has 0 aliphatic carbocycles. The van der Waals surface area contributed by atoms with Gasteiger partial charge >= 0.3 is 0 Å². The molecule has 3 rings (SSSR count).